The third kappa shape index (κ3) is 6.72. The van der Waals surface area contributed by atoms with Crippen molar-refractivity contribution >= 4 is 27.5 Å². The van der Waals surface area contributed by atoms with Gasteiger partial charge in [-0.15, -0.1) is 0 Å². The first-order valence-corrected chi connectivity index (χ1v) is 13.8. The zero-order valence-corrected chi connectivity index (χ0v) is 21.5. The van der Waals surface area contributed by atoms with Gasteiger partial charge in [0.15, 0.2) is 0 Å². The Morgan fingerprint density at radius 2 is 1.54 bits per heavy atom. The van der Waals surface area contributed by atoms with Gasteiger partial charge in [-0.1, -0.05) is 71.8 Å². The van der Waals surface area contributed by atoms with Crippen molar-refractivity contribution < 1.29 is 13.2 Å². The number of hydrogen-bond donors (Lipinski definition) is 0. The molecular formula is C28H31ClN2O3S. The van der Waals surface area contributed by atoms with Gasteiger partial charge in [-0.3, -0.25) is 4.79 Å². The smallest absolute Gasteiger partial charge is 0.243 e. The number of sulfonamides is 1. The fraction of sp³-hybridized carbons (Fsp3) is 0.321. The quantitative estimate of drug-likeness (QED) is 0.412. The first-order valence-electron chi connectivity index (χ1n) is 11.9. The van der Waals surface area contributed by atoms with Crippen LogP contribution < -0.4 is 0 Å². The Hall–Kier alpha value is -2.67. The van der Waals surface area contributed by atoms with Crippen LogP contribution in [0.3, 0.4) is 0 Å². The van der Waals surface area contributed by atoms with Gasteiger partial charge in [-0.25, -0.2) is 8.42 Å². The number of benzene rings is 3. The van der Waals surface area contributed by atoms with Crippen LogP contribution in [0.25, 0.3) is 0 Å². The number of likely N-dealkylation sites (tertiary alicyclic amines) is 1. The summed E-state index contributed by atoms with van der Waals surface area (Å²) in [5, 5.41) is 0.580. The number of carbonyl (C=O) groups is 1. The maximum Gasteiger partial charge on any atom is 0.243 e. The topological polar surface area (TPSA) is 57.7 Å². The second-order valence-corrected chi connectivity index (χ2v) is 11.6. The molecule has 1 saturated heterocycles. The third-order valence-corrected chi connectivity index (χ3v) is 8.63. The van der Waals surface area contributed by atoms with Crippen molar-refractivity contribution in [2.24, 2.45) is 5.92 Å². The van der Waals surface area contributed by atoms with Crippen LogP contribution in [0.4, 0.5) is 0 Å². The fourth-order valence-electron chi connectivity index (χ4n) is 4.46. The lowest BCUT2D eigenvalue weighted by atomic mass is 9.90. The minimum Gasteiger partial charge on any atom is -0.342 e. The van der Waals surface area contributed by atoms with Crippen molar-refractivity contribution in [2.45, 2.75) is 37.6 Å². The molecule has 1 heterocycles. The molecule has 0 aromatic heterocycles. The molecule has 0 N–H and O–H groups in total. The Morgan fingerprint density at radius 1 is 0.914 bits per heavy atom. The van der Waals surface area contributed by atoms with Crippen LogP contribution in [-0.2, 0) is 27.8 Å². The Kier molecular flexibility index (Phi) is 8.26. The average Bonchev–Trinajstić information content (AvgIpc) is 2.86. The standard InChI is InChI=1S/C28H31ClN2O3S/c1-22-7-13-27(14-8-22)35(33,34)31(20-25-9-11-26(29)12-10-25)21-28(32)30-17-15-24(16-18-30)19-23-5-3-2-4-6-23/h2-14,24H,15-21H2,1H3. The average molecular weight is 511 g/mol. The maximum absolute atomic E-state index is 13.5. The molecule has 0 radical (unpaired) electrons. The molecule has 3 aromatic rings. The van der Waals surface area contributed by atoms with E-state index in [1.54, 1.807) is 53.4 Å². The van der Waals surface area contributed by atoms with Gasteiger partial charge >= 0.3 is 0 Å². The second kappa shape index (κ2) is 11.4. The summed E-state index contributed by atoms with van der Waals surface area (Å²) in [6.45, 7) is 3.12. The number of amides is 1. The summed E-state index contributed by atoms with van der Waals surface area (Å²) in [6, 6.07) is 24.2. The van der Waals surface area contributed by atoms with E-state index in [1.807, 2.05) is 13.0 Å². The number of carbonyl (C=O) groups excluding carboxylic acids is 1. The van der Waals surface area contributed by atoms with Crippen LogP contribution >= 0.6 is 11.6 Å². The molecule has 0 bridgehead atoms. The Labute approximate surface area is 213 Å². The van der Waals surface area contributed by atoms with E-state index in [4.69, 9.17) is 11.6 Å². The predicted octanol–water partition coefficient (Wildman–Crippen LogP) is 5.32. The molecule has 0 saturated carbocycles. The molecular weight excluding hydrogens is 480 g/mol. The summed E-state index contributed by atoms with van der Waals surface area (Å²) < 4.78 is 28.3. The zero-order valence-electron chi connectivity index (χ0n) is 19.9. The highest BCUT2D eigenvalue weighted by atomic mass is 35.5. The number of nitrogens with zero attached hydrogens (tertiary/aromatic N) is 2. The van der Waals surface area contributed by atoms with E-state index < -0.39 is 10.0 Å². The van der Waals surface area contributed by atoms with Crippen LogP contribution in [0.2, 0.25) is 5.02 Å². The Bertz CT molecular complexity index is 1220. The van der Waals surface area contributed by atoms with Crippen molar-refractivity contribution in [3.8, 4) is 0 Å². The molecule has 4 rings (SSSR count). The Morgan fingerprint density at radius 3 is 2.17 bits per heavy atom. The van der Waals surface area contributed by atoms with Gasteiger partial charge in [0.25, 0.3) is 0 Å². The SMILES string of the molecule is Cc1ccc(S(=O)(=O)N(CC(=O)N2CCC(Cc3ccccc3)CC2)Cc2ccc(Cl)cc2)cc1. The van der Waals surface area contributed by atoms with Gasteiger partial charge in [0.1, 0.15) is 0 Å². The van der Waals surface area contributed by atoms with Crippen LogP contribution in [0.5, 0.6) is 0 Å². The monoisotopic (exact) mass is 510 g/mol. The summed E-state index contributed by atoms with van der Waals surface area (Å²) in [4.78, 5) is 15.2. The largest absolute Gasteiger partial charge is 0.342 e. The molecule has 0 unspecified atom stereocenters. The zero-order chi connectivity index (χ0) is 24.8. The van der Waals surface area contributed by atoms with Gasteiger partial charge in [-0.2, -0.15) is 4.31 Å². The van der Waals surface area contributed by atoms with Gasteiger partial charge < -0.3 is 4.90 Å². The predicted molar refractivity (Wildman–Crippen MR) is 140 cm³/mol. The third-order valence-electron chi connectivity index (χ3n) is 6.58. The van der Waals surface area contributed by atoms with Crippen molar-refractivity contribution in [2.75, 3.05) is 19.6 Å². The van der Waals surface area contributed by atoms with E-state index in [1.165, 1.54) is 9.87 Å². The number of rotatable bonds is 8. The molecule has 5 nitrogen and oxygen atoms in total. The van der Waals surface area contributed by atoms with E-state index >= 15 is 0 Å². The van der Waals surface area contributed by atoms with Gasteiger partial charge in [0.2, 0.25) is 15.9 Å². The molecule has 0 atom stereocenters. The van der Waals surface area contributed by atoms with Gasteiger partial charge in [0.05, 0.1) is 11.4 Å². The minimum absolute atomic E-state index is 0.101. The molecule has 1 aliphatic heterocycles. The summed E-state index contributed by atoms with van der Waals surface area (Å²) >= 11 is 6.00. The highest BCUT2D eigenvalue weighted by Gasteiger charge is 2.30. The van der Waals surface area contributed by atoms with E-state index in [-0.39, 0.29) is 23.9 Å². The molecule has 3 aromatic carbocycles. The van der Waals surface area contributed by atoms with Gasteiger partial charge in [0, 0.05) is 24.7 Å². The number of hydrogen-bond acceptors (Lipinski definition) is 3. The van der Waals surface area contributed by atoms with E-state index in [9.17, 15) is 13.2 Å². The minimum atomic E-state index is -3.86. The molecule has 1 aliphatic rings. The summed E-state index contributed by atoms with van der Waals surface area (Å²) in [5.41, 5.74) is 3.07. The van der Waals surface area contributed by atoms with Crippen LogP contribution in [0, 0.1) is 12.8 Å². The van der Waals surface area contributed by atoms with Crippen LogP contribution in [0.15, 0.2) is 83.8 Å². The van der Waals surface area contributed by atoms with Crippen LogP contribution in [0.1, 0.15) is 29.5 Å². The van der Waals surface area contributed by atoms with Crippen molar-refractivity contribution in [1.29, 1.82) is 0 Å². The lowest BCUT2D eigenvalue weighted by Crippen LogP contribution is -2.45. The van der Waals surface area contributed by atoms with E-state index in [2.05, 4.69) is 24.3 Å². The normalized spacial score (nSPS) is 14.9. The first kappa shape index (κ1) is 25.4. The van der Waals surface area contributed by atoms with E-state index in [0.717, 1.165) is 30.4 Å². The van der Waals surface area contributed by atoms with Gasteiger partial charge in [-0.05, 0) is 67.5 Å². The molecule has 0 spiro atoms. The molecule has 35 heavy (non-hydrogen) atoms. The second-order valence-electron chi connectivity index (χ2n) is 9.23. The number of piperidine rings is 1. The summed E-state index contributed by atoms with van der Waals surface area (Å²) in [5.74, 6) is 0.371. The maximum atomic E-state index is 13.5. The van der Waals surface area contributed by atoms with E-state index in [0.29, 0.717) is 24.0 Å². The fourth-order valence-corrected chi connectivity index (χ4v) is 5.97. The molecule has 0 aliphatic carbocycles. The summed E-state index contributed by atoms with van der Waals surface area (Å²) in [7, 11) is -3.86. The number of aryl methyl sites for hydroxylation is 1. The molecule has 7 heteroatoms. The molecule has 1 amide bonds. The van der Waals surface area contributed by atoms with Crippen molar-refractivity contribution in [1.82, 2.24) is 9.21 Å². The summed E-state index contributed by atoms with van der Waals surface area (Å²) in [6.07, 6.45) is 2.85. The number of halogens is 1. The lowest BCUT2D eigenvalue weighted by molar-refractivity contribution is -0.132. The van der Waals surface area contributed by atoms with Crippen molar-refractivity contribution in [3.63, 3.8) is 0 Å². The first-order chi connectivity index (χ1) is 16.8. The highest BCUT2D eigenvalue weighted by molar-refractivity contribution is 7.89. The molecule has 1 fully saturated rings. The Balaban J connectivity index is 1.46. The lowest BCUT2D eigenvalue weighted by Gasteiger charge is -2.33. The highest BCUT2D eigenvalue weighted by Crippen LogP contribution is 2.24. The molecule has 184 valence electrons. The van der Waals surface area contributed by atoms with Crippen LogP contribution in [-0.4, -0.2) is 43.2 Å². The van der Waals surface area contributed by atoms with Crippen molar-refractivity contribution in [3.05, 3.63) is 101 Å².